The number of Topliss-reactive ketones (excluding diaryl/α,β-unsaturated/α-hetero) is 1. The molecule has 17 heavy (non-hydrogen) atoms. The third-order valence-electron chi connectivity index (χ3n) is 3.09. The molecule has 0 saturated heterocycles. The molecule has 0 saturated carbocycles. The van der Waals surface area contributed by atoms with Gasteiger partial charge in [0.15, 0.2) is 5.78 Å². The second-order valence-electron chi connectivity index (χ2n) is 4.46. The van der Waals surface area contributed by atoms with Crippen LogP contribution in [0.2, 0.25) is 0 Å². The fraction of sp³-hybridized carbons (Fsp3) is 0.500. The molecule has 3 heteroatoms. The first-order valence-electron chi connectivity index (χ1n) is 5.77. The SMILES string of the molecule is COc1ccc(OC)c(C(=O)C(C)C(C)C)c1. The van der Waals surface area contributed by atoms with Crippen LogP contribution in [0, 0.1) is 11.8 Å². The molecule has 1 rings (SSSR count). The van der Waals surface area contributed by atoms with Crippen molar-refractivity contribution in [3.05, 3.63) is 23.8 Å². The highest BCUT2D eigenvalue weighted by Gasteiger charge is 2.22. The molecular formula is C14H20O3. The number of carbonyl (C=O) groups excluding carboxylic acids is 1. The number of methoxy groups -OCH3 is 2. The molecule has 94 valence electrons. The number of ketones is 1. The van der Waals surface area contributed by atoms with Gasteiger partial charge in [-0.2, -0.15) is 0 Å². The Hall–Kier alpha value is -1.51. The molecule has 0 aliphatic rings. The fourth-order valence-electron chi connectivity index (χ4n) is 1.55. The van der Waals surface area contributed by atoms with E-state index >= 15 is 0 Å². The lowest BCUT2D eigenvalue weighted by Gasteiger charge is -2.16. The predicted octanol–water partition coefficient (Wildman–Crippen LogP) is 3.18. The van der Waals surface area contributed by atoms with Crippen molar-refractivity contribution in [1.82, 2.24) is 0 Å². The Morgan fingerprint density at radius 1 is 1.12 bits per heavy atom. The highest BCUT2D eigenvalue weighted by Crippen LogP contribution is 2.28. The Kier molecular flexibility index (Phi) is 4.55. The number of hydrogen-bond acceptors (Lipinski definition) is 3. The second-order valence-corrected chi connectivity index (χ2v) is 4.46. The van der Waals surface area contributed by atoms with E-state index in [1.807, 2.05) is 20.8 Å². The number of ether oxygens (including phenoxy) is 2. The van der Waals surface area contributed by atoms with Crippen LogP contribution in [0.5, 0.6) is 11.5 Å². The maximum Gasteiger partial charge on any atom is 0.169 e. The summed E-state index contributed by atoms with van der Waals surface area (Å²) in [6, 6.07) is 5.29. The number of rotatable bonds is 5. The molecule has 1 unspecified atom stereocenters. The van der Waals surface area contributed by atoms with Crippen molar-refractivity contribution in [2.24, 2.45) is 11.8 Å². The average molecular weight is 236 g/mol. The van der Waals surface area contributed by atoms with E-state index in [0.717, 1.165) is 0 Å². The van der Waals surface area contributed by atoms with Crippen LogP contribution in [0.3, 0.4) is 0 Å². The normalized spacial score (nSPS) is 12.4. The van der Waals surface area contributed by atoms with Gasteiger partial charge in [-0.3, -0.25) is 4.79 Å². The lowest BCUT2D eigenvalue weighted by molar-refractivity contribution is 0.0896. The summed E-state index contributed by atoms with van der Waals surface area (Å²) in [5.74, 6) is 1.64. The summed E-state index contributed by atoms with van der Waals surface area (Å²) < 4.78 is 10.4. The van der Waals surface area contributed by atoms with Crippen LogP contribution >= 0.6 is 0 Å². The van der Waals surface area contributed by atoms with Crippen molar-refractivity contribution in [3.63, 3.8) is 0 Å². The lowest BCUT2D eigenvalue weighted by Crippen LogP contribution is -2.17. The van der Waals surface area contributed by atoms with Crippen LogP contribution in [0.1, 0.15) is 31.1 Å². The van der Waals surface area contributed by atoms with Crippen molar-refractivity contribution < 1.29 is 14.3 Å². The van der Waals surface area contributed by atoms with Crippen molar-refractivity contribution >= 4 is 5.78 Å². The molecule has 0 heterocycles. The van der Waals surface area contributed by atoms with E-state index < -0.39 is 0 Å². The standard InChI is InChI=1S/C14H20O3/c1-9(2)10(3)14(15)12-8-11(16-4)6-7-13(12)17-5/h6-10H,1-5H3. The monoisotopic (exact) mass is 236 g/mol. The lowest BCUT2D eigenvalue weighted by atomic mass is 9.89. The minimum atomic E-state index is -0.0315. The predicted molar refractivity (Wildman–Crippen MR) is 67.9 cm³/mol. The molecule has 0 amide bonds. The van der Waals surface area contributed by atoms with E-state index in [0.29, 0.717) is 23.0 Å². The Morgan fingerprint density at radius 2 is 1.76 bits per heavy atom. The average Bonchev–Trinajstić information content (AvgIpc) is 2.35. The zero-order chi connectivity index (χ0) is 13.0. The first-order valence-corrected chi connectivity index (χ1v) is 5.77. The summed E-state index contributed by atoms with van der Waals surface area (Å²) >= 11 is 0. The van der Waals surface area contributed by atoms with Crippen LogP contribution < -0.4 is 9.47 Å². The topological polar surface area (TPSA) is 35.5 Å². The molecule has 0 bridgehead atoms. The van der Waals surface area contributed by atoms with Gasteiger partial charge in [-0.25, -0.2) is 0 Å². The number of carbonyl (C=O) groups is 1. The van der Waals surface area contributed by atoms with E-state index in [1.165, 1.54) is 0 Å². The zero-order valence-corrected chi connectivity index (χ0v) is 11.1. The molecule has 0 radical (unpaired) electrons. The van der Waals surface area contributed by atoms with Crippen LogP contribution in [-0.4, -0.2) is 20.0 Å². The van der Waals surface area contributed by atoms with Crippen LogP contribution in [0.4, 0.5) is 0 Å². The third-order valence-corrected chi connectivity index (χ3v) is 3.09. The summed E-state index contributed by atoms with van der Waals surface area (Å²) in [5, 5.41) is 0. The van der Waals surface area contributed by atoms with Gasteiger partial charge >= 0.3 is 0 Å². The van der Waals surface area contributed by atoms with E-state index in [2.05, 4.69) is 0 Å². The Balaban J connectivity index is 3.14. The summed E-state index contributed by atoms with van der Waals surface area (Å²) in [5.41, 5.74) is 0.591. The van der Waals surface area contributed by atoms with Gasteiger partial charge in [0.2, 0.25) is 0 Å². The molecular weight excluding hydrogens is 216 g/mol. The third kappa shape index (κ3) is 2.99. The molecule has 0 N–H and O–H groups in total. The quantitative estimate of drug-likeness (QED) is 0.736. The van der Waals surface area contributed by atoms with E-state index in [4.69, 9.17) is 9.47 Å². The van der Waals surface area contributed by atoms with Crippen molar-refractivity contribution in [2.45, 2.75) is 20.8 Å². The van der Waals surface area contributed by atoms with Gasteiger partial charge in [0.25, 0.3) is 0 Å². The van der Waals surface area contributed by atoms with Crippen molar-refractivity contribution in [1.29, 1.82) is 0 Å². The maximum absolute atomic E-state index is 12.3. The molecule has 0 fully saturated rings. The minimum Gasteiger partial charge on any atom is -0.497 e. The molecule has 1 aromatic rings. The van der Waals surface area contributed by atoms with Crippen molar-refractivity contribution in [3.8, 4) is 11.5 Å². The van der Waals surface area contributed by atoms with Gasteiger partial charge < -0.3 is 9.47 Å². The molecule has 1 atom stereocenters. The largest absolute Gasteiger partial charge is 0.497 e. The molecule has 3 nitrogen and oxygen atoms in total. The first-order chi connectivity index (χ1) is 8.01. The summed E-state index contributed by atoms with van der Waals surface area (Å²) in [7, 11) is 3.15. The summed E-state index contributed by atoms with van der Waals surface area (Å²) in [6.07, 6.45) is 0. The van der Waals surface area contributed by atoms with Gasteiger partial charge in [0.05, 0.1) is 19.8 Å². The minimum absolute atomic E-state index is 0.0315. The molecule has 0 aromatic heterocycles. The molecule has 0 spiro atoms. The van der Waals surface area contributed by atoms with Crippen LogP contribution in [-0.2, 0) is 0 Å². The van der Waals surface area contributed by atoms with E-state index in [1.54, 1.807) is 32.4 Å². The van der Waals surface area contributed by atoms with Crippen LogP contribution in [0.15, 0.2) is 18.2 Å². The number of hydrogen-bond donors (Lipinski definition) is 0. The highest BCUT2D eigenvalue weighted by atomic mass is 16.5. The summed E-state index contributed by atoms with van der Waals surface area (Å²) in [6.45, 7) is 6.01. The van der Waals surface area contributed by atoms with Gasteiger partial charge in [0, 0.05) is 5.92 Å². The summed E-state index contributed by atoms with van der Waals surface area (Å²) in [4.78, 5) is 12.3. The van der Waals surface area contributed by atoms with Gasteiger partial charge in [-0.1, -0.05) is 20.8 Å². The zero-order valence-electron chi connectivity index (χ0n) is 11.1. The van der Waals surface area contributed by atoms with Gasteiger partial charge in [-0.05, 0) is 24.1 Å². The Bertz CT molecular complexity index is 396. The van der Waals surface area contributed by atoms with Gasteiger partial charge in [-0.15, -0.1) is 0 Å². The van der Waals surface area contributed by atoms with E-state index in [-0.39, 0.29) is 11.7 Å². The van der Waals surface area contributed by atoms with Crippen molar-refractivity contribution in [2.75, 3.05) is 14.2 Å². The smallest absolute Gasteiger partial charge is 0.169 e. The second kappa shape index (κ2) is 5.71. The van der Waals surface area contributed by atoms with E-state index in [9.17, 15) is 4.79 Å². The van der Waals surface area contributed by atoms with Gasteiger partial charge in [0.1, 0.15) is 11.5 Å². The number of benzene rings is 1. The Morgan fingerprint density at radius 3 is 2.24 bits per heavy atom. The molecule has 1 aromatic carbocycles. The van der Waals surface area contributed by atoms with Crippen LogP contribution in [0.25, 0.3) is 0 Å². The Labute approximate surface area is 103 Å². The molecule has 0 aliphatic carbocycles. The first kappa shape index (κ1) is 13.6. The fourth-order valence-corrected chi connectivity index (χ4v) is 1.55. The highest BCUT2D eigenvalue weighted by molar-refractivity contribution is 6.00. The molecule has 0 aliphatic heterocycles. The maximum atomic E-state index is 12.3.